The molecule has 0 atom stereocenters. The average Bonchev–Trinajstić information content (AvgIpc) is 1.61. The van der Waals surface area contributed by atoms with Crippen LogP contribution in [0.4, 0.5) is 0 Å². The number of aromatic nitrogens is 16. The molecule has 33 heteroatoms. The van der Waals surface area contributed by atoms with E-state index in [4.69, 9.17) is 20.4 Å². The predicted molar refractivity (Wildman–Crippen MR) is 532 cm³/mol. The van der Waals surface area contributed by atoms with E-state index in [-0.39, 0.29) is 91.7 Å². The first-order valence-electron chi connectivity index (χ1n) is 45.1. The number of allylic oxidation sites excluding steroid dienone is 8. The molecule has 0 unspecified atom stereocenters. The van der Waals surface area contributed by atoms with Gasteiger partial charge in [0.25, 0.3) is 10.2 Å². The van der Waals surface area contributed by atoms with Crippen LogP contribution in [0.2, 0.25) is 0 Å². The van der Waals surface area contributed by atoms with E-state index in [2.05, 4.69) is 56.9 Å². The van der Waals surface area contributed by atoms with Crippen molar-refractivity contribution < 1.29 is 62.1 Å². The minimum absolute atomic E-state index is 0.0706. The summed E-state index contributed by atoms with van der Waals surface area (Å²) in [5.74, 6) is -1.81. The molecule has 0 aliphatic heterocycles. The van der Waals surface area contributed by atoms with E-state index in [1.165, 1.54) is 6.33 Å². The molecule has 12 aromatic heterocycles. The Morgan fingerprint density at radius 3 is 1.31 bits per heavy atom. The number of hydrogen-bond donors (Lipinski definition) is 5. The number of hydrogen-bond acceptors (Lipinski definition) is 22. The van der Waals surface area contributed by atoms with Crippen molar-refractivity contribution in [2.45, 2.75) is 90.6 Å². The molecule has 692 valence electrons. The lowest BCUT2D eigenvalue weighted by molar-refractivity contribution is -0.121. The normalized spacial score (nSPS) is 14.4. The first-order chi connectivity index (χ1) is 67.4. The molecule has 0 bridgehead atoms. The van der Waals surface area contributed by atoms with Gasteiger partial charge in [-0.05, 0) is 106 Å². The second kappa shape index (κ2) is 37.4. The zero-order chi connectivity index (χ0) is 96.2. The number of carbonyl (C=O) groups is 8. The largest absolute Gasteiger partial charge is 0.396 e. The van der Waals surface area contributed by atoms with Gasteiger partial charge in [-0.1, -0.05) is 127 Å². The number of aliphatic hydroxyl groups is 3. The Morgan fingerprint density at radius 1 is 0.410 bits per heavy atom. The molecule has 139 heavy (non-hydrogen) atoms. The van der Waals surface area contributed by atoms with Crippen molar-refractivity contribution in [3.63, 3.8) is 0 Å². The third-order valence-electron chi connectivity index (χ3n) is 25.1. The number of aryl methyl sites for hydroxylation is 4. The first-order valence-corrected chi connectivity index (χ1v) is 47.5. The van der Waals surface area contributed by atoms with Crippen LogP contribution in [0.3, 0.4) is 0 Å². The van der Waals surface area contributed by atoms with E-state index in [9.17, 15) is 57.0 Å². The van der Waals surface area contributed by atoms with Crippen LogP contribution in [0, 0.1) is 0 Å². The number of aliphatic hydroxyl groups excluding tert-OH is 2. The second-order valence-electron chi connectivity index (χ2n) is 34.7. The van der Waals surface area contributed by atoms with Crippen molar-refractivity contribution >= 4 is 199 Å². The van der Waals surface area contributed by atoms with E-state index >= 15 is 0 Å². The summed E-state index contributed by atoms with van der Waals surface area (Å²) in [6, 6.07) is 63.7. The average molecular weight is 1890 g/mol. The van der Waals surface area contributed by atoms with Gasteiger partial charge in [0, 0.05) is 181 Å². The summed E-state index contributed by atoms with van der Waals surface area (Å²) in [4.78, 5) is 122. The first kappa shape index (κ1) is 90.5. The smallest absolute Gasteiger partial charge is 0.274 e. The minimum atomic E-state index is -3.80. The Kier molecular flexibility index (Phi) is 24.4. The molecule has 0 amide bonds. The van der Waals surface area contributed by atoms with Crippen LogP contribution in [0.15, 0.2) is 274 Å². The van der Waals surface area contributed by atoms with Gasteiger partial charge < -0.3 is 33.6 Å². The number of benzene rings is 7. The number of thiophene rings is 1. The van der Waals surface area contributed by atoms with Gasteiger partial charge in [-0.15, -0.1) is 11.3 Å². The van der Waals surface area contributed by atoms with Crippen LogP contribution in [0.5, 0.6) is 0 Å². The lowest BCUT2D eigenvalue weighted by Crippen LogP contribution is -2.31. The molecule has 0 fully saturated rings. The summed E-state index contributed by atoms with van der Waals surface area (Å²) < 4.78 is 40.8. The van der Waals surface area contributed by atoms with Gasteiger partial charge in [-0.2, -0.15) is 28.8 Å². The molecular formula is C106H88N18O13S2. The summed E-state index contributed by atoms with van der Waals surface area (Å²) in [7, 11) is -2.02. The molecule has 19 aromatic rings. The minimum Gasteiger partial charge on any atom is -0.396 e. The highest BCUT2D eigenvalue weighted by molar-refractivity contribution is 7.87. The van der Waals surface area contributed by atoms with Gasteiger partial charge in [0.05, 0.1) is 141 Å². The van der Waals surface area contributed by atoms with Crippen molar-refractivity contribution in [1.29, 1.82) is 0 Å². The number of ketones is 8. The van der Waals surface area contributed by atoms with Gasteiger partial charge in [0.2, 0.25) is 0 Å². The zero-order valence-electron chi connectivity index (χ0n) is 75.4. The predicted octanol–water partition coefficient (Wildman–Crippen LogP) is 14.6. The van der Waals surface area contributed by atoms with Gasteiger partial charge in [0.1, 0.15) is 29.1 Å². The fourth-order valence-corrected chi connectivity index (χ4v) is 20.4. The molecule has 4 aliphatic carbocycles. The van der Waals surface area contributed by atoms with E-state index in [1.54, 1.807) is 89.5 Å². The lowest BCUT2D eigenvalue weighted by Gasteiger charge is -2.16. The van der Waals surface area contributed by atoms with Crippen LogP contribution >= 0.6 is 11.3 Å². The van der Waals surface area contributed by atoms with Crippen molar-refractivity contribution in [3.8, 4) is 17.1 Å². The highest BCUT2D eigenvalue weighted by Gasteiger charge is 2.42. The molecule has 7 aromatic carbocycles. The fourth-order valence-electron chi connectivity index (χ4n) is 19.0. The third-order valence-corrected chi connectivity index (χ3v) is 26.7. The summed E-state index contributed by atoms with van der Waals surface area (Å²) in [6.45, 7) is 5.39. The standard InChI is InChI=1S/C31H25N5O4S2.C30H26N4O3.C26H19N5O3.C19H18N4O3/c32-42(39,40)33-14-7-15-36-24-12-5-2-10-21(24)31(34-36)30-27(38)16-26(37)29(30)22-17-35(23-11-4-1-8-19(22)23)25-18-41-28-13-6-3-9-20(25)28;1-30(2,37)13-15-34-24-12-6-4-10-21(24)29(32-34)28-26(36)16-25(35)27(28)22-18-33(19-8-7-14-31-17-19)23-11-5-3-9-20(22)23;32-10-9-31-21-8-4-2-6-18(21)26(29-31)25-23(34)11-22(33)24(25)19-14-30(16-12-27-15-28-13-16)20-7-3-1-5-17(19)20;1-22-8-5-14(21-22)18-16(26)10-15(25)17(18)13-11-23(7-3-9-24)19-12(13)4-2-6-20-19/h1-6,8-13,17-18,33H,7,14-16H2,(H2,32,39,40);3-12,14,17-18,37H,13,15-16H2,1-2H3;1-8,12-15,32H,9-11H2;2,4-6,8,11,24H,3,7,9-10H2,1H3. The number of rotatable bonds is 24. The fraction of sp³-hybridized carbons (Fsp3) is 0.170. The Bertz CT molecular complexity index is 8560. The Labute approximate surface area is 796 Å². The van der Waals surface area contributed by atoms with Crippen LogP contribution in [0.25, 0.3) is 148 Å². The van der Waals surface area contributed by atoms with Crippen molar-refractivity contribution in [2.24, 2.45) is 12.2 Å². The molecule has 0 radical (unpaired) electrons. The topological polar surface area (TPSA) is 412 Å². The molecule has 0 saturated carbocycles. The highest BCUT2D eigenvalue weighted by Crippen LogP contribution is 2.47. The summed E-state index contributed by atoms with van der Waals surface area (Å²) >= 11 is 1.66. The summed E-state index contributed by atoms with van der Waals surface area (Å²) in [5.41, 5.74) is 15.3. The van der Waals surface area contributed by atoms with Gasteiger partial charge >= 0.3 is 0 Å². The lowest BCUT2D eigenvalue weighted by atomic mass is 9.97. The van der Waals surface area contributed by atoms with Crippen LogP contribution in [-0.2, 0) is 81.8 Å². The maximum absolute atomic E-state index is 13.6. The molecule has 0 spiro atoms. The molecule has 31 nitrogen and oxygen atoms in total. The number of nitrogens with two attached hydrogens (primary N) is 1. The zero-order valence-corrected chi connectivity index (χ0v) is 77.0. The number of nitrogens with one attached hydrogen (secondary N) is 1. The van der Waals surface area contributed by atoms with Crippen molar-refractivity contribution in [3.05, 3.63) is 319 Å². The van der Waals surface area contributed by atoms with Crippen LogP contribution in [-0.4, -0.2) is 173 Å². The maximum Gasteiger partial charge on any atom is 0.274 e. The number of para-hydroxylation sites is 6. The molecule has 4 aliphatic rings. The number of pyridine rings is 2. The van der Waals surface area contributed by atoms with E-state index in [0.717, 1.165) is 104 Å². The van der Waals surface area contributed by atoms with Crippen molar-refractivity contribution in [1.82, 2.24) is 82.0 Å². The van der Waals surface area contributed by atoms with Crippen LogP contribution in [0.1, 0.15) is 104 Å². The second-order valence-corrected chi connectivity index (χ2v) is 37.0. The molecule has 0 saturated heterocycles. The molecule has 6 N–H and O–H groups in total. The number of fused-ring (bicyclic) bond motifs is 8. The van der Waals surface area contributed by atoms with Gasteiger partial charge in [0.15, 0.2) is 46.3 Å². The van der Waals surface area contributed by atoms with E-state index in [1.807, 2.05) is 225 Å². The monoisotopic (exact) mass is 1880 g/mol. The van der Waals surface area contributed by atoms with Crippen LogP contribution < -0.4 is 9.86 Å². The van der Waals surface area contributed by atoms with E-state index < -0.39 is 15.8 Å². The Balaban J connectivity index is 0.000000115. The maximum atomic E-state index is 13.6. The van der Waals surface area contributed by atoms with E-state index in [0.29, 0.717) is 135 Å². The molecule has 23 rings (SSSR count). The SMILES string of the molecule is CC(C)(O)CCn1nc(C2=C(c3cn(-c4cccnc4)c4ccccc34)C(=O)CC2=O)c2ccccc21.Cn1ccc(C2=C(c3cn(CCCO)c4ncccc34)C(=O)CC2=O)n1.NS(=O)(=O)NCCCn1nc(C2=C(c3cn(-c4csc5ccccc45)c4ccccc34)C(=O)CC2=O)c2ccccc21.O=C1CC(=O)C(c2nn(CCO)c3ccccc23)=C1c1cn(-c2cncnc2)c2ccccc12. The number of nitrogens with zero attached hydrogens (tertiary/aromatic N) is 16. The number of Topliss-reactive ketones (excluding diaryl/α,β-unsaturated/α-hetero) is 8. The third kappa shape index (κ3) is 17.2. The number of carbonyl (C=O) groups excluding carboxylic acids is 8. The highest BCUT2D eigenvalue weighted by atomic mass is 32.2. The Hall–Kier alpha value is -16.3. The van der Waals surface area contributed by atoms with Gasteiger partial charge in [-0.25, -0.2) is 24.8 Å². The molecular weight excluding hydrogens is 1800 g/mol. The Morgan fingerprint density at radius 2 is 0.827 bits per heavy atom. The molecule has 12 heterocycles. The summed E-state index contributed by atoms with van der Waals surface area (Å²) in [5, 5.41) is 61.6. The quantitative estimate of drug-likeness (QED) is 0.0277. The summed E-state index contributed by atoms with van der Waals surface area (Å²) in [6.07, 6.45) is 20.2. The van der Waals surface area contributed by atoms with Gasteiger partial charge in [-0.3, -0.25) is 62.1 Å². The van der Waals surface area contributed by atoms with Crippen molar-refractivity contribution in [2.75, 3.05) is 19.8 Å².